The van der Waals surface area contributed by atoms with Crippen molar-refractivity contribution in [3.63, 3.8) is 0 Å². The quantitative estimate of drug-likeness (QED) is 0.768. The molecule has 1 aliphatic heterocycles. The minimum atomic E-state index is -0.180. The molecule has 7 heteroatoms. The van der Waals surface area contributed by atoms with Gasteiger partial charge in [0.2, 0.25) is 0 Å². The van der Waals surface area contributed by atoms with E-state index in [2.05, 4.69) is 20.4 Å². The molecular formula is C21H27FN4O2. The highest BCUT2D eigenvalue weighted by atomic mass is 19.1. The summed E-state index contributed by atoms with van der Waals surface area (Å²) < 4.78 is 19.0. The van der Waals surface area contributed by atoms with Crippen LogP contribution in [0.2, 0.25) is 0 Å². The Morgan fingerprint density at radius 3 is 2.43 bits per heavy atom. The minimum Gasteiger partial charge on any atom is -0.497 e. The van der Waals surface area contributed by atoms with Gasteiger partial charge in [-0.05, 0) is 29.8 Å². The molecule has 28 heavy (non-hydrogen) atoms. The summed E-state index contributed by atoms with van der Waals surface area (Å²) in [6.45, 7) is 5.09. The lowest BCUT2D eigenvalue weighted by molar-refractivity contribution is 0.231. The first-order valence-corrected chi connectivity index (χ1v) is 9.52. The fourth-order valence-electron chi connectivity index (χ4n) is 3.24. The summed E-state index contributed by atoms with van der Waals surface area (Å²) in [5.41, 5.74) is 1.68. The number of ether oxygens (including phenoxy) is 1. The maximum absolute atomic E-state index is 13.9. The number of urea groups is 1. The standard InChI is InChI=1S/C21H27FN4O2/c1-28-18-8-6-17(7-9-18)16-24-21(27)23-10-11-25-12-14-26(15-13-25)20-5-3-2-4-19(20)22/h2-9H,10-16H2,1H3,(H2,23,24,27). The average molecular weight is 386 g/mol. The smallest absolute Gasteiger partial charge is 0.315 e. The normalized spacial score (nSPS) is 14.6. The molecule has 0 unspecified atom stereocenters. The number of carbonyl (C=O) groups excluding carboxylic acids is 1. The van der Waals surface area contributed by atoms with Crippen LogP contribution in [-0.2, 0) is 6.54 Å². The van der Waals surface area contributed by atoms with Crippen molar-refractivity contribution in [2.24, 2.45) is 0 Å². The van der Waals surface area contributed by atoms with E-state index >= 15 is 0 Å². The first kappa shape index (κ1) is 19.9. The SMILES string of the molecule is COc1ccc(CNC(=O)NCCN2CCN(c3ccccc3F)CC2)cc1. The molecule has 3 rings (SSSR count). The maximum atomic E-state index is 13.9. The van der Waals surface area contributed by atoms with E-state index in [4.69, 9.17) is 4.74 Å². The number of rotatable bonds is 7. The zero-order chi connectivity index (χ0) is 19.8. The highest BCUT2D eigenvalue weighted by molar-refractivity contribution is 5.73. The van der Waals surface area contributed by atoms with Crippen molar-refractivity contribution in [1.82, 2.24) is 15.5 Å². The number of hydrogen-bond acceptors (Lipinski definition) is 4. The molecule has 2 amide bonds. The topological polar surface area (TPSA) is 56.8 Å². The molecule has 6 nitrogen and oxygen atoms in total. The molecule has 2 aromatic rings. The van der Waals surface area contributed by atoms with Gasteiger partial charge in [0.15, 0.2) is 0 Å². The van der Waals surface area contributed by atoms with Gasteiger partial charge in [0.1, 0.15) is 11.6 Å². The highest BCUT2D eigenvalue weighted by Crippen LogP contribution is 2.19. The Labute approximate surface area is 165 Å². The molecule has 2 aromatic carbocycles. The molecule has 0 saturated carbocycles. The molecule has 0 radical (unpaired) electrons. The Balaban J connectivity index is 1.32. The Morgan fingerprint density at radius 2 is 1.75 bits per heavy atom. The van der Waals surface area contributed by atoms with Crippen molar-refractivity contribution >= 4 is 11.7 Å². The predicted octanol–water partition coefficient (Wildman–Crippen LogP) is 2.46. The summed E-state index contributed by atoms with van der Waals surface area (Å²) in [5.74, 6) is 0.620. The van der Waals surface area contributed by atoms with E-state index in [9.17, 15) is 9.18 Å². The van der Waals surface area contributed by atoms with Gasteiger partial charge in [-0.15, -0.1) is 0 Å². The second-order valence-corrected chi connectivity index (χ2v) is 6.74. The van der Waals surface area contributed by atoms with Crippen molar-refractivity contribution in [2.45, 2.75) is 6.54 Å². The predicted molar refractivity (Wildman–Crippen MR) is 108 cm³/mol. The molecule has 0 aromatic heterocycles. The summed E-state index contributed by atoms with van der Waals surface area (Å²) >= 11 is 0. The van der Waals surface area contributed by atoms with Gasteiger partial charge < -0.3 is 20.3 Å². The number of nitrogens with one attached hydrogen (secondary N) is 2. The van der Waals surface area contributed by atoms with Crippen molar-refractivity contribution in [2.75, 3.05) is 51.3 Å². The van der Waals surface area contributed by atoms with Crippen molar-refractivity contribution in [3.05, 3.63) is 59.9 Å². The van der Waals surface area contributed by atoms with E-state index in [1.807, 2.05) is 36.4 Å². The molecule has 0 bridgehead atoms. The van der Waals surface area contributed by atoms with Crippen LogP contribution in [0.1, 0.15) is 5.56 Å². The number of benzene rings is 2. The van der Waals surface area contributed by atoms with E-state index in [1.54, 1.807) is 13.2 Å². The van der Waals surface area contributed by atoms with E-state index < -0.39 is 0 Å². The first-order valence-electron chi connectivity index (χ1n) is 9.52. The van der Waals surface area contributed by atoms with Crippen LogP contribution in [0.3, 0.4) is 0 Å². The lowest BCUT2D eigenvalue weighted by Crippen LogP contribution is -2.49. The first-order chi connectivity index (χ1) is 13.7. The molecule has 1 saturated heterocycles. The molecule has 0 aliphatic carbocycles. The third-order valence-corrected chi connectivity index (χ3v) is 4.89. The highest BCUT2D eigenvalue weighted by Gasteiger charge is 2.18. The molecule has 0 atom stereocenters. The van der Waals surface area contributed by atoms with Gasteiger partial charge >= 0.3 is 6.03 Å². The third kappa shape index (κ3) is 5.60. The zero-order valence-corrected chi connectivity index (χ0v) is 16.2. The largest absolute Gasteiger partial charge is 0.497 e. The van der Waals surface area contributed by atoms with Gasteiger partial charge in [-0.3, -0.25) is 4.90 Å². The van der Waals surface area contributed by atoms with E-state index in [0.29, 0.717) is 18.8 Å². The summed E-state index contributed by atoms with van der Waals surface area (Å²) in [5, 5.41) is 5.73. The maximum Gasteiger partial charge on any atom is 0.315 e. The van der Waals surface area contributed by atoms with Crippen molar-refractivity contribution in [1.29, 1.82) is 0 Å². The van der Waals surface area contributed by atoms with Gasteiger partial charge in [-0.25, -0.2) is 9.18 Å². The number of carbonyl (C=O) groups is 1. The van der Waals surface area contributed by atoms with E-state index in [1.165, 1.54) is 6.07 Å². The summed E-state index contributed by atoms with van der Waals surface area (Å²) in [6.07, 6.45) is 0. The van der Waals surface area contributed by atoms with E-state index in [-0.39, 0.29) is 11.8 Å². The third-order valence-electron chi connectivity index (χ3n) is 4.89. The van der Waals surface area contributed by atoms with Crippen LogP contribution in [0.5, 0.6) is 5.75 Å². The number of para-hydroxylation sites is 1. The second-order valence-electron chi connectivity index (χ2n) is 6.74. The van der Waals surface area contributed by atoms with E-state index in [0.717, 1.165) is 44.0 Å². The van der Waals surface area contributed by atoms with Crippen LogP contribution < -0.4 is 20.3 Å². The molecule has 1 aliphatic rings. The van der Waals surface area contributed by atoms with Crippen LogP contribution in [0.25, 0.3) is 0 Å². The Morgan fingerprint density at radius 1 is 1.04 bits per heavy atom. The van der Waals surface area contributed by atoms with Gasteiger partial charge in [0.25, 0.3) is 0 Å². The van der Waals surface area contributed by atoms with Crippen LogP contribution in [0, 0.1) is 5.82 Å². The number of nitrogens with zero attached hydrogens (tertiary/aromatic N) is 2. The molecule has 150 valence electrons. The van der Waals surface area contributed by atoms with Crippen molar-refractivity contribution in [3.8, 4) is 5.75 Å². The van der Waals surface area contributed by atoms with Crippen LogP contribution >= 0.6 is 0 Å². The lowest BCUT2D eigenvalue weighted by atomic mass is 10.2. The van der Waals surface area contributed by atoms with Gasteiger partial charge in [0, 0.05) is 45.8 Å². The number of methoxy groups -OCH3 is 1. The molecule has 2 N–H and O–H groups in total. The number of anilines is 1. The zero-order valence-electron chi connectivity index (χ0n) is 16.2. The average Bonchev–Trinajstić information content (AvgIpc) is 2.73. The minimum absolute atomic E-state index is 0.175. The van der Waals surface area contributed by atoms with Gasteiger partial charge in [-0.1, -0.05) is 24.3 Å². The summed E-state index contributed by atoms with van der Waals surface area (Å²) in [6, 6.07) is 14.3. The monoisotopic (exact) mass is 386 g/mol. The van der Waals surface area contributed by atoms with Gasteiger partial charge in [0.05, 0.1) is 12.8 Å². The Kier molecular flexibility index (Phi) is 7.08. The number of halogens is 1. The number of hydrogen-bond donors (Lipinski definition) is 2. The Hall–Kier alpha value is -2.80. The van der Waals surface area contributed by atoms with Gasteiger partial charge in [-0.2, -0.15) is 0 Å². The molecule has 1 heterocycles. The van der Waals surface area contributed by atoms with Crippen LogP contribution in [-0.4, -0.2) is 57.3 Å². The lowest BCUT2D eigenvalue weighted by Gasteiger charge is -2.36. The molecular weight excluding hydrogens is 359 g/mol. The fourth-order valence-corrected chi connectivity index (χ4v) is 3.24. The number of piperazine rings is 1. The van der Waals surface area contributed by atoms with Crippen LogP contribution in [0.15, 0.2) is 48.5 Å². The summed E-state index contributed by atoms with van der Waals surface area (Å²) in [7, 11) is 1.63. The number of amides is 2. The summed E-state index contributed by atoms with van der Waals surface area (Å²) in [4.78, 5) is 16.3. The van der Waals surface area contributed by atoms with Crippen LogP contribution in [0.4, 0.5) is 14.9 Å². The molecule has 1 fully saturated rings. The Bertz CT molecular complexity index is 761. The fraction of sp³-hybridized carbons (Fsp3) is 0.381. The molecule has 0 spiro atoms. The van der Waals surface area contributed by atoms with Crippen molar-refractivity contribution < 1.29 is 13.9 Å². The second kappa shape index (κ2) is 9.94.